The first-order valence-electron chi connectivity index (χ1n) is 6.06. The lowest BCUT2D eigenvalue weighted by Gasteiger charge is -2.12. The lowest BCUT2D eigenvalue weighted by molar-refractivity contribution is -0.117. The Morgan fingerprint density at radius 3 is 3.18 bits per heavy atom. The maximum atomic E-state index is 11.9. The Bertz CT molecular complexity index is 387. The van der Waals surface area contributed by atoms with Gasteiger partial charge in [-0.15, -0.1) is 0 Å². The molecule has 0 saturated carbocycles. The predicted octanol–water partition coefficient (Wildman–Crippen LogP) is 1.78. The number of amides is 1. The number of hydrogen-bond donors (Lipinski definition) is 2. The molecule has 17 heavy (non-hydrogen) atoms. The van der Waals surface area contributed by atoms with Crippen LogP contribution in [0, 0.1) is 0 Å². The number of carbonyl (C=O) groups is 1. The summed E-state index contributed by atoms with van der Waals surface area (Å²) in [5.74, 6) is 0.820. The zero-order valence-electron chi connectivity index (χ0n) is 10.0. The van der Waals surface area contributed by atoms with Crippen LogP contribution in [0.3, 0.4) is 0 Å². The molecule has 2 rings (SSSR count). The van der Waals surface area contributed by atoms with Crippen molar-refractivity contribution in [3.63, 3.8) is 0 Å². The average Bonchev–Trinajstić information content (AvgIpc) is 2.83. The van der Waals surface area contributed by atoms with Crippen molar-refractivity contribution in [1.82, 2.24) is 5.32 Å². The molecule has 0 aliphatic carbocycles. The van der Waals surface area contributed by atoms with E-state index in [1.165, 1.54) is 0 Å². The molecule has 1 aromatic carbocycles. The summed E-state index contributed by atoms with van der Waals surface area (Å²) in [7, 11) is 0. The molecule has 0 aromatic heterocycles. The maximum Gasteiger partial charge on any atom is 0.241 e. The van der Waals surface area contributed by atoms with Gasteiger partial charge in [-0.3, -0.25) is 4.79 Å². The van der Waals surface area contributed by atoms with Gasteiger partial charge in [0.1, 0.15) is 5.75 Å². The van der Waals surface area contributed by atoms with E-state index >= 15 is 0 Å². The van der Waals surface area contributed by atoms with Crippen LogP contribution < -0.4 is 15.4 Å². The second kappa shape index (κ2) is 5.68. The molecule has 1 atom stereocenters. The first-order valence-corrected chi connectivity index (χ1v) is 6.06. The molecule has 4 nitrogen and oxygen atoms in total. The molecule has 0 spiro atoms. The molecule has 1 fully saturated rings. The van der Waals surface area contributed by atoms with E-state index in [-0.39, 0.29) is 11.9 Å². The Kier molecular flexibility index (Phi) is 3.98. The second-order valence-electron chi connectivity index (χ2n) is 4.10. The van der Waals surface area contributed by atoms with E-state index < -0.39 is 0 Å². The lowest BCUT2D eigenvalue weighted by Crippen LogP contribution is -2.35. The van der Waals surface area contributed by atoms with E-state index in [1.807, 2.05) is 31.2 Å². The van der Waals surface area contributed by atoms with E-state index in [0.717, 1.165) is 30.8 Å². The van der Waals surface area contributed by atoms with E-state index in [1.54, 1.807) is 0 Å². The van der Waals surface area contributed by atoms with E-state index in [2.05, 4.69) is 10.6 Å². The van der Waals surface area contributed by atoms with Crippen molar-refractivity contribution in [2.75, 3.05) is 18.5 Å². The summed E-state index contributed by atoms with van der Waals surface area (Å²) in [5.41, 5.74) is 0.787. The molecule has 1 heterocycles. The summed E-state index contributed by atoms with van der Waals surface area (Å²) in [4.78, 5) is 11.9. The standard InChI is InChI=1S/C13H18N2O2/c1-2-17-11-6-3-5-10(9-11)15-13(16)12-7-4-8-14-12/h3,5-6,9,12,14H,2,4,7-8H2,1H3,(H,15,16)/t12-/m1/s1. The van der Waals surface area contributed by atoms with Gasteiger partial charge in [-0.05, 0) is 38.4 Å². The highest BCUT2D eigenvalue weighted by atomic mass is 16.5. The fourth-order valence-electron chi connectivity index (χ4n) is 1.97. The summed E-state index contributed by atoms with van der Waals surface area (Å²) in [6.07, 6.45) is 1.98. The van der Waals surface area contributed by atoms with Gasteiger partial charge in [-0.2, -0.15) is 0 Å². The highest BCUT2D eigenvalue weighted by Gasteiger charge is 2.21. The Morgan fingerprint density at radius 2 is 2.47 bits per heavy atom. The van der Waals surface area contributed by atoms with Crippen LogP contribution in [-0.2, 0) is 4.79 Å². The number of ether oxygens (including phenoxy) is 1. The van der Waals surface area contributed by atoms with Gasteiger partial charge in [0.25, 0.3) is 0 Å². The molecule has 0 unspecified atom stereocenters. The first-order chi connectivity index (χ1) is 8.29. The summed E-state index contributed by atoms with van der Waals surface area (Å²) in [6, 6.07) is 7.42. The third-order valence-electron chi connectivity index (χ3n) is 2.79. The van der Waals surface area contributed by atoms with Gasteiger partial charge in [0, 0.05) is 11.8 Å². The van der Waals surface area contributed by atoms with Gasteiger partial charge in [0.15, 0.2) is 0 Å². The zero-order valence-corrected chi connectivity index (χ0v) is 10.0. The third kappa shape index (κ3) is 3.20. The van der Waals surface area contributed by atoms with Crippen molar-refractivity contribution in [3.8, 4) is 5.75 Å². The largest absolute Gasteiger partial charge is 0.494 e. The van der Waals surface area contributed by atoms with E-state index in [4.69, 9.17) is 4.74 Å². The molecule has 1 aliphatic heterocycles. The van der Waals surface area contributed by atoms with Crippen LogP contribution >= 0.6 is 0 Å². The minimum atomic E-state index is -0.0502. The van der Waals surface area contributed by atoms with Crippen molar-refractivity contribution in [2.45, 2.75) is 25.8 Å². The molecule has 0 radical (unpaired) electrons. The van der Waals surface area contributed by atoms with Crippen LogP contribution in [0.2, 0.25) is 0 Å². The molecule has 1 aliphatic rings. The van der Waals surface area contributed by atoms with Gasteiger partial charge >= 0.3 is 0 Å². The van der Waals surface area contributed by atoms with Crippen LogP contribution in [-0.4, -0.2) is 25.1 Å². The van der Waals surface area contributed by atoms with E-state index in [9.17, 15) is 4.79 Å². The predicted molar refractivity (Wildman–Crippen MR) is 67.3 cm³/mol. The number of carbonyl (C=O) groups excluding carboxylic acids is 1. The maximum absolute atomic E-state index is 11.9. The van der Waals surface area contributed by atoms with Gasteiger partial charge in [0.2, 0.25) is 5.91 Å². The molecular formula is C13H18N2O2. The Morgan fingerprint density at radius 1 is 1.59 bits per heavy atom. The fourth-order valence-corrected chi connectivity index (χ4v) is 1.97. The van der Waals surface area contributed by atoms with Crippen LogP contribution in [0.15, 0.2) is 24.3 Å². The summed E-state index contributed by atoms with van der Waals surface area (Å²) in [6.45, 7) is 3.49. The Hall–Kier alpha value is -1.55. The highest BCUT2D eigenvalue weighted by Crippen LogP contribution is 2.18. The van der Waals surface area contributed by atoms with Gasteiger partial charge in [-0.1, -0.05) is 6.07 Å². The molecule has 92 valence electrons. The summed E-state index contributed by atoms with van der Waals surface area (Å²) in [5, 5.41) is 6.07. The lowest BCUT2D eigenvalue weighted by atomic mass is 10.2. The molecule has 1 aromatic rings. The molecule has 4 heteroatoms. The number of benzene rings is 1. The van der Waals surface area contributed by atoms with Crippen molar-refractivity contribution in [1.29, 1.82) is 0 Å². The number of rotatable bonds is 4. The van der Waals surface area contributed by atoms with Crippen molar-refractivity contribution in [3.05, 3.63) is 24.3 Å². The van der Waals surface area contributed by atoms with Crippen LogP contribution in [0.1, 0.15) is 19.8 Å². The highest BCUT2D eigenvalue weighted by molar-refractivity contribution is 5.95. The smallest absolute Gasteiger partial charge is 0.241 e. The Labute approximate surface area is 101 Å². The van der Waals surface area contributed by atoms with Gasteiger partial charge in [0.05, 0.1) is 12.6 Å². The van der Waals surface area contributed by atoms with Crippen molar-refractivity contribution >= 4 is 11.6 Å². The van der Waals surface area contributed by atoms with Crippen LogP contribution in [0.25, 0.3) is 0 Å². The topological polar surface area (TPSA) is 50.4 Å². The molecule has 2 N–H and O–H groups in total. The van der Waals surface area contributed by atoms with Gasteiger partial charge in [-0.25, -0.2) is 0 Å². The SMILES string of the molecule is CCOc1cccc(NC(=O)[C@H]2CCCN2)c1. The normalized spacial score (nSPS) is 19.0. The van der Waals surface area contributed by atoms with E-state index in [0.29, 0.717) is 6.61 Å². The van der Waals surface area contributed by atoms with Crippen molar-refractivity contribution < 1.29 is 9.53 Å². The van der Waals surface area contributed by atoms with Crippen LogP contribution in [0.5, 0.6) is 5.75 Å². The molecule has 1 saturated heterocycles. The van der Waals surface area contributed by atoms with Crippen molar-refractivity contribution in [2.24, 2.45) is 0 Å². The fraction of sp³-hybridized carbons (Fsp3) is 0.462. The molecular weight excluding hydrogens is 216 g/mol. The Balaban J connectivity index is 1.97. The second-order valence-corrected chi connectivity index (χ2v) is 4.10. The first kappa shape index (κ1) is 11.9. The zero-order chi connectivity index (χ0) is 12.1. The quantitative estimate of drug-likeness (QED) is 0.835. The molecule has 0 bridgehead atoms. The number of nitrogens with one attached hydrogen (secondary N) is 2. The summed E-state index contributed by atoms with van der Waals surface area (Å²) >= 11 is 0. The van der Waals surface area contributed by atoms with Crippen LogP contribution in [0.4, 0.5) is 5.69 Å². The molecule has 1 amide bonds. The number of anilines is 1. The van der Waals surface area contributed by atoms with Gasteiger partial charge < -0.3 is 15.4 Å². The summed E-state index contributed by atoms with van der Waals surface area (Å²) < 4.78 is 5.39. The third-order valence-corrected chi connectivity index (χ3v) is 2.79. The monoisotopic (exact) mass is 234 g/mol. The minimum absolute atomic E-state index is 0.0381. The average molecular weight is 234 g/mol. The minimum Gasteiger partial charge on any atom is -0.494 e. The number of hydrogen-bond acceptors (Lipinski definition) is 3.